The van der Waals surface area contributed by atoms with Gasteiger partial charge in [-0.05, 0) is 48.5 Å². The van der Waals surface area contributed by atoms with Gasteiger partial charge >= 0.3 is 0 Å². The van der Waals surface area contributed by atoms with Crippen LogP contribution in [0.25, 0.3) is 39.6 Å². The van der Waals surface area contributed by atoms with Crippen LogP contribution in [0.3, 0.4) is 0 Å². The molecule has 2 aromatic heterocycles. The number of rotatable bonds is 7. The van der Waals surface area contributed by atoms with Crippen LogP contribution < -0.4 is 4.74 Å². The monoisotopic (exact) mass is 511 g/mol. The number of nitriles is 1. The molecule has 0 aliphatic rings. The van der Waals surface area contributed by atoms with Crippen molar-refractivity contribution in [3.05, 3.63) is 132 Å². The maximum atomic E-state index is 14.1. The zero-order valence-electron chi connectivity index (χ0n) is 20.8. The molecule has 1 N–H and O–H groups in total. The lowest BCUT2D eigenvalue weighted by Crippen LogP contribution is -1.98. The Bertz CT molecular complexity index is 1810. The molecule has 0 atom stereocenters. The molecule has 0 saturated heterocycles. The summed E-state index contributed by atoms with van der Waals surface area (Å²) in [6.07, 6.45) is 3.67. The molecule has 6 nitrogen and oxygen atoms in total. The number of hydrogen-bond donors (Lipinski definition) is 1. The second-order valence-electron chi connectivity index (χ2n) is 8.89. The van der Waals surface area contributed by atoms with Gasteiger partial charge in [-0.1, -0.05) is 60.7 Å². The molecule has 0 amide bonds. The highest BCUT2D eigenvalue weighted by atomic mass is 19.1. The van der Waals surface area contributed by atoms with Crippen molar-refractivity contribution in [1.29, 1.82) is 5.26 Å². The lowest BCUT2D eigenvalue weighted by Gasteiger charge is -2.08. The first kappa shape index (κ1) is 23.9. The maximum absolute atomic E-state index is 14.1. The van der Waals surface area contributed by atoms with Gasteiger partial charge in [0.05, 0.1) is 22.3 Å². The second-order valence-corrected chi connectivity index (χ2v) is 8.89. The molecule has 6 rings (SSSR count). The fourth-order valence-electron chi connectivity index (χ4n) is 4.33. The fourth-order valence-corrected chi connectivity index (χ4v) is 4.33. The van der Waals surface area contributed by atoms with Crippen LogP contribution in [0.5, 0.6) is 5.75 Å². The molecule has 0 fully saturated rings. The Morgan fingerprint density at radius 1 is 0.949 bits per heavy atom. The minimum absolute atomic E-state index is 0.103. The summed E-state index contributed by atoms with van der Waals surface area (Å²) < 4.78 is 21.8. The molecular formula is C32H22FN5O. The number of aromatic amines is 1. The molecule has 0 radical (unpaired) electrons. The number of benzene rings is 4. The van der Waals surface area contributed by atoms with Crippen molar-refractivity contribution in [2.75, 3.05) is 0 Å². The first-order valence-corrected chi connectivity index (χ1v) is 12.4. The molecule has 0 aliphatic heterocycles. The predicted octanol–water partition coefficient (Wildman–Crippen LogP) is 7.20. The second kappa shape index (κ2) is 10.5. The molecule has 39 heavy (non-hydrogen) atoms. The van der Waals surface area contributed by atoms with Gasteiger partial charge in [-0.2, -0.15) is 10.4 Å². The van der Waals surface area contributed by atoms with Crippen molar-refractivity contribution in [1.82, 2.24) is 19.7 Å². The molecule has 2 heterocycles. The van der Waals surface area contributed by atoms with Gasteiger partial charge in [0.2, 0.25) is 0 Å². The number of halogens is 1. The van der Waals surface area contributed by atoms with Crippen LogP contribution in [0.15, 0.2) is 109 Å². The number of aromatic nitrogens is 4. The molecule has 188 valence electrons. The van der Waals surface area contributed by atoms with Crippen LogP contribution in [0.4, 0.5) is 4.39 Å². The highest BCUT2D eigenvalue weighted by Crippen LogP contribution is 2.30. The molecule has 0 bridgehead atoms. The number of ether oxygens (including phenoxy) is 1. The van der Waals surface area contributed by atoms with Gasteiger partial charge in [0.15, 0.2) is 0 Å². The summed E-state index contributed by atoms with van der Waals surface area (Å²) in [4.78, 5) is 7.83. The number of fused-ring (bicyclic) bond motifs is 1. The van der Waals surface area contributed by atoms with E-state index in [2.05, 4.69) is 16.0 Å². The number of hydrogen-bond acceptors (Lipinski definition) is 4. The van der Waals surface area contributed by atoms with E-state index in [0.29, 0.717) is 28.4 Å². The van der Waals surface area contributed by atoms with E-state index in [4.69, 9.17) is 9.84 Å². The van der Waals surface area contributed by atoms with Gasteiger partial charge < -0.3 is 9.72 Å². The number of para-hydroxylation sites is 3. The van der Waals surface area contributed by atoms with E-state index < -0.39 is 0 Å². The molecule has 0 aliphatic carbocycles. The molecule has 7 heteroatoms. The Balaban J connectivity index is 1.40. The van der Waals surface area contributed by atoms with Crippen LogP contribution in [0, 0.1) is 17.1 Å². The lowest BCUT2D eigenvalue weighted by molar-refractivity contribution is 0.300. The standard InChI is InChI=1S/C32H22FN5O/c33-28-14-5-4-9-23(28)21-39-27-13-8-10-22(18-27)31-25(20-38(37-31)26-11-2-1-3-12-26)17-24(19-34)32-35-29-15-6-7-16-30(29)36-32/h1-18,20H,21H2,(H,35,36)/b24-17-. The quantitative estimate of drug-likeness (QED) is 0.230. The predicted molar refractivity (Wildman–Crippen MR) is 149 cm³/mol. The summed E-state index contributed by atoms with van der Waals surface area (Å²) in [6, 6.07) is 33.7. The number of allylic oxidation sites excluding steroid dienone is 1. The van der Waals surface area contributed by atoms with Gasteiger partial charge in [-0.25, -0.2) is 14.1 Å². The van der Waals surface area contributed by atoms with Crippen LogP contribution in [-0.2, 0) is 6.61 Å². The summed E-state index contributed by atoms with van der Waals surface area (Å²) in [6.45, 7) is 0.103. The molecule has 0 spiro atoms. The zero-order chi connectivity index (χ0) is 26.6. The van der Waals surface area contributed by atoms with Gasteiger partial charge in [0, 0.05) is 22.9 Å². The minimum Gasteiger partial charge on any atom is -0.489 e. The number of nitrogens with one attached hydrogen (secondary N) is 1. The van der Waals surface area contributed by atoms with Crippen molar-refractivity contribution in [2.45, 2.75) is 6.61 Å². The first-order chi connectivity index (χ1) is 19.2. The third kappa shape index (κ3) is 5.04. The van der Waals surface area contributed by atoms with E-state index >= 15 is 0 Å². The molecule has 0 saturated carbocycles. The summed E-state index contributed by atoms with van der Waals surface area (Å²) in [5.41, 5.74) is 5.58. The maximum Gasteiger partial charge on any atom is 0.149 e. The minimum atomic E-state index is -0.308. The first-order valence-electron chi connectivity index (χ1n) is 12.4. The fraction of sp³-hybridized carbons (Fsp3) is 0.0312. The zero-order valence-corrected chi connectivity index (χ0v) is 20.8. The number of imidazole rings is 1. The molecular weight excluding hydrogens is 489 g/mol. The smallest absolute Gasteiger partial charge is 0.149 e. The normalized spacial score (nSPS) is 11.4. The van der Waals surface area contributed by atoms with E-state index in [0.717, 1.165) is 27.8 Å². The van der Waals surface area contributed by atoms with Crippen LogP contribution in [-0.4, -0.2) is 19.7 Å². The lowest BCUT2D eigenvalue weighted by atomic mass is 10.1. The molecule has 0 unspecified atom stereocenters. The molecule has 4 aromatic carbocycles. The van der Waals surface area contributed by atoms with E-state index in [9.17, 15) is 9.65 Å². The third-order valence-corrected chi connectivity index (χ3v) is 6.29. The summed E-state index contributed by atoms with van der Waals surface area (Å²) >= 11 is 0. The SMILES string of the molecule is N#C/C(=C/c1cn(-c2ccccc2)nc1-c1cccc(OCc2ccccc2F)c1)c1nc2ccccc2[nH]1. The van der Waals surface area contributed by atoms with E-state index in [1.807, 2.05) is 85.1 Å². The van der Waals surface area contributed by atoms with Gasteiger partial charge in [-0.3, -0.25) is 0 Å². The Morgan fingerprint density at radius 3 is 2.56 bits per heavy atom. The van der Waals surface area contributed by atoms with E-state index in [-0.39, 0.29) is 12.4 Å². The third-order valence-electron chi connectivity index (χ3n) is 6.29. The van der Waals surface area contributed by atoms with Crippen LogP contribution >= 0.6 is 0 Å². The van der Waals surface area contributed by atoms with Gasteiger partial charge in [0.25, 0.3) is 0 Å². The summed E-state index contributed by atoms with van der Waals surface area (Å²) in [7, 11) is 0. The Morgan fingerprint density at radius 2 is 1.74 bits per heavy atom. The van der Waals surface area contributed by atoms with Crippen LogP contribution in [0.2, 0.25) is 0 Å². The topological polar surface area (TPSA) is 79.5 Å². The Hall–Kier alpha value is -5.48. The van der Waals surface area contributed by atoms with Crippen LogP contribution in [0.1, 0.15) is 17.0 Å². The van der Waals surface area contributed by atoms with Gasteiger partial charge in [0.1, 0.15) is 35.8 Å². The average molecular weight is 512 g/mol. The highest BCUT2D eigenvalue weighted by molar-refractivity contribution is 5.92. The Kier molecular flexibility index (Phi) is 6.42. The Labute approximate surface area is 224 Å². The van der Waals surface area contributed by atoms with Crippen molar-refractivity contribution in [3.63, 3.8) is 0 Å². The average Bonchev–Trinajstić information content (AvgIpc) is 3.61. The van der Waals surface area contributed by atoms with Gasteiger partial charge in [-0.15, -0.1) is 0 Å². The van der Waals surface area contributed by atoms with E-state index in [1.54, 1.807) is 29.0 Å². The number of H-pyrrole nitrogens is 1. The molecule has 6 aromatic rings. The van der Waals surface area contributed by atoms with Crippen molar-refractivity contribution < 1.29 is 9.13 Å². The summed E-state index contributed by atoms with van der Waals surface area (Å²) in [5.74, 6) is 0.758. The largest absolute Gasteiger partial charge is 0.489 e. The van der Waals surface area contributed by atoms with Crippen molar-refractivity contribution in [2.24, 2.45) is 0 Å². The van der Waals surface area contributed by atoms with Crippen molar-refractivity contribution in [3.8, 4) is 28.8 Å². The van der Waals surface area contributed by atoms with E-state index in [1.165, 1.54) is 6.07 Å². The highest BCUT2D eigenvalue weighted by Gasteiger charge is 2.15. The number of nitrogens with zero attached hydrogens (tertiary/aromatic N) is 4. The summed E-state index contributed by atoms with van der Waals surface area (Å²) in [5, 5.41) is 14.9. The van der Waals surface area contributed by atoms with Crippen molar-refractivity contribution >= 4 is 22.7 Å².